The average Bonchev–Trinajstić information content (AvgIpc) is 2.81. The minimum absolute atomic E-state index is 0.528. The van der Waals surface area contributed by atoms with Crippen molar-refractivity contribution in [3.05, 3.63) is 42.1 Å². The molecule has 1 aromatic carbocycles. The van der Waals surface area contributed by atoms with Crippen LogP contribution in [-0.4, -0.2) is 17.1 Å². The second-order valence-corrected chi connectivity index (χ2v) is 4.06. The van der Waals surface area contributed by atoms with E-state index in [-0.39, 0.29) is 0 Å². The molecule has 18 heavy (non-hydrogen) atoms. The number of rotatable bonds is 2. The number of aromatic nitrogens is 2. The third-order valence-corrected chi connectivity index (χ3v) is 2.72. The lowest BCUT2D eigenvalue weighted by molar-refractivity contribution is 0.414. The van der Waals surface area contributed by atoms with E-state index in [1.165, 1.54) is 0 Å². The van der Waals surface area contributed by atoms with Crippen LogP contribution in [0.1, 0.15) is 5.56 Å². The molecular weight excluding hydrogens is 228 g/mol. The monoisotopic (exact) mass is 240 g/mol. The van der Waals surface area contributed by atoms with Crippen molar-refractivity contribution in [1.82, 2.24) is 9.97 Å². The molecule has 4 heteroatoms. The Morgan fingerprint density at radius 3 is 2.89 bits per heavy atom. The number of hydrogen-bond donors (Lipinski definition) is 0. The highest BCUT2D eigenvalue weighted by Gasteiger charge is 2.13. The van der Waals surface area contributed by atoms with Gasteiger partial charge in [-0.1, -0.05) is 12.1 Å². The molecular formula is C14H12N2O2. The van der Waals surface area contributed by atoms with Gasteiger partial charge in [-0.25, -0.2) is 9.97 Å². The van der Waals surface area contributed by atoms with E-state index in [1.807, 2.05) is 37.3 Å². The molecule has 0 bridgehead atoms. The second-order valence-electron chi connectivity index (χ2n) is 4.06. The SMILES string of the molecule is COc1ccccc1-c1nc2cc(C)cnc2o1. The molecule has 0 atom stereocenters. The first-order chi connectivity index (χ1) is 8.78. The van der Waals surface area contributed by atoms with Gasteiger partial charge in [-0.15, -0.1) is 0 Å². The van der Waals surface area contributed by atoms with Gasteiger partial charge in [-0.05, 0) is 30.7 Å². The van der Waals surface area contributed by atoms with Crippen molar-refractivity contribution in [1.29, 1.82) is 0 Å². The molecule has 3 aromatic rings. The summed E-state index contributed by atoms with van der Waals surface area (Å²) in [5.74, 6) is 1.27. The maximum absolute atomic E-state index is 5.65. The van der Waals surface area contributed by atoms with Crippen molar-refractivity contribution in [2.24, 2.45) is 0 Å². The van der Waals surface area contributed by atoms with Gasteiger partial charge in [0, 0.05) is 6.20 Å². The van der Waals surface area contributed by atoms with Crippen LogP contribution in [-0.2, 0) is 0 Å². The van der Waals surface area contributed by atoms with Crippen molar-refractivity contribution < 1.29 is 9.15 Å². The smallest absolute Gasteiger partial charge is 0.247 e. The number of pyridine rings is 1. The van der Waals surface area contributed by atoms with Crippen LogP contribution in [0.5, 0.6) is 5.75 Å². The summed E-state index contributed by atoms with van der Waals surface area (Å²) in [6.07, 6.45) is 1.76. The fraction of sp³-hybridized carbons (Fsp3) is 0.143. The third kappa shape index (κ3) is 1.72. The maximum Gasteiger partial charge on any atom is 0.247 e. The Morgan fingerprint density at radius 2 is 2.06 bits per heavy atom. The second kappa shape index (κ2) is 4.14. The van der Waals surface area contributed by atoms with Gasteiger partial charge in [0.05, 0.1) is 12.7 Å². The largest absolute Gasteiger partial charge is 0.496 e. The summed E-state index contributed by atoms with van der Waals surface area (Å²) in [7, 11) is 1.63. The number of benzene rings is 1. The van der Waals surface area contributed by atoms with Crippen LogP contribution < -0.4 is 4.74 Å². The van der Waals surface area contributed by atoms with E-state index in [2.05, 4.69) is 9.97 Å². The molecule has 3 rings (SSSR count). The van der Waals surface area contributed by atoms with Gasteiger partial charge in [0.25, 0.3) is 0 Å². The molecule has 0 N–H and O–H groups in total. The lowest BCUT2D eigenvalue weighted by atomic mass is 10.2. The zero-order valence-electron chi connectivity index (χ0n) is 10.2. The van der Waals surface area contributed by atoms with Crippen LogP contribution in [0.3, 0.4) is 0 Å². The minimum Gasteiger partial charge on any atom is -0.496 e. The number of methoxy groups -OCH3 is 1. The van der Waals surface area contributed by atoms with Gasteiger partial charge >= 0.3 is 0 Å². The first kappa shape index (κ1) is 10.8. The minimum atomic E-state index is 0.528. The van der Waals surface area contributed by atoms with E-state index < -0.39 is 0 Å². The number of oxazole rings is 1. The first-order valence-electron chi connectivity index (χ1n) is 5.64. The number of aryl methyl sites for hydroxylation is 1. The van der Waals surface area contributed by atoms with Crippen molar-refractivity contribution in [3.8, 4) is 17.2 Å². The van der Waals surface area contributed by atoms with Gasteiger partial charge in [0.2, 0.25) is 11.6 Å². The zero-order valence-corrected chi connectivity index (χ0v) is 10.2. The Kier molecular flexibility index (Phi) is 2.48. The van der Waals surface area contributed by atoms with E-state index in [1.54, 1.807) is 13.3 Å². The number of nitrogens with zero attached hydrogens (tertiary/aromatic N) is 2. The Bertz CT molecular complexity index is 704. The molecule has 0 saturated heterocycles. The van der Waals surface area contributed by atoms with Crippen molar-refractivity contribution >= 4 is 11.2 Å². The summed E-state index contributed by atoms with van der Waals surface area (Å²) in [4.78, 5) is 8.66. The summed E-state index contributed by atoms with van der Waals surface area (Å²) in [6.45, 7) is 1.98. The lowest BCUT2D eigenvalue weighted by Gasteiger charge is -2.03. The molecule has 0 spiro atoms. The highest BCUT2D eigenvalue weighted by atomic mass is 16.5. The Balaban J connectivity index is 2.19. The van der Waals surface area contributed by atoms with Crippen molar-refractivity contribution in [3.63, 3.8) is 0 Å². The van der Waals surface area contributed by atoms with E-state index in [9.17, 15) is 0 Å². The Morgan fingerprint density at radius 1 is 1.22 bits per heavy atom. The normalized spacial score (nSPS) is 10.8. The first-order valence-corrected chi connectivity index (χ1v) is 5.64. The van der Waals surface area contributed by atoms with Gasteiger partial charge in [-0.3, -0.25) is 0 Å². The molecule has 4 nitrogen and oxygen atoms in total. The standard InChI is InChI=1S/C14H12N2O2/c1-9-7-11-14(15-8-9)18-13(16-11)10-5-3-4-6-12(10)17-2/h3-8H,1-2H3. The van der Waals surface area contributed by atoms with Crippen molar-refractivity contribution in [2.45, 2.75) is 6.92 Å². The number of hydrogen-bond acceptors (Lipinski definition) is 4. The predicted molar refractivity (Wildman–Crippen MR) is 68.5 cm³/mol. The molecule has 2 heterocycles. The Hall–Kier alpha value is -2.36. The number of para-hydroxylation sites is 1. The average molecular weight is 240 g/mol. The number of fused-ring (bicyclic) bond motifs is 1. The molecule has 0 saturated carbocycles. The molecule has 0 radical (unpaired) electrons. The fourth-order valence-electron chi connectivity index (χ4n) is 1.86. The predicted octanol–water partition coefficient (Wildman–Crippen LogP) is 3.21. The maximum atomic E-state index is 5.65. The molecule has 0 amide bonds. The van der Waals surface area contributed by atoms with Gasteiger partial charge in [0.1, 0.15) is 11.3 Å². The third-order valence-electron chi connectivity index (χ3n) is 2.72. The van der Waals surface area contributed by atoms with Crippen LogP contribution in [0.4, 0.5) is 0 Å². The van der Waals surface area contributed by atoms with E-state index in [0.717, 1.165) is 22.4 Å². The summed E-state index contributed by atoms with van der Waals surface area (Å²) in [6, 6.07) is 9.57. The van der Waals surface area contributed by atoms with Crippen LogP contribution >= 0.6 is 0 Å². The van der Waals surface area contributed by atoms with Crippen LogP contribution in [0, 0.1) is 6.92 Å². The zero-order chi connectivity index (χ0) is 12.5. The van der Waals surface area contributed by atoms with E-state index in [4.69, 9.17) is 9.15 Å². The molecule has 0 aliphatic carbocycles. The van der Waals surface area contributed by atoms with Gasteiger partial charge < -0.3 is 9.15 Å². The topological polar surface area (TPSA) is 48.2 Å². The van der Waals surface area contributed by atoms with Crippen LogP contribution in [0.25, 0.3) is 22.7 Å². The Labute approximate surface area is 104 Å². The summed E-state index contributed by atoms with van der Waals surface area (Å²) in [5, 5.41) is 0. The summed E-state index contributed by atoms with van der Waals surface area (Å²) < 4.78 is 10.9. The molecule has 0 unspecified atom stereocenters. The highest BCUT2D eigenvalue weighted by molar-refractivity contribution is 5.74. The molecule has 0 aliphatic heterocycles. The summed E-state index contributed by atoms with van der Waals surface area (Å²) >= 11 is 0. The molecule has 90 valence electrons. The highest BCUT2D eigenvalue weighted by Crippen LogP contribution is 2.30. The van der Waals surface area contributed by atoms with Crippen molar-refractivity contribution in [2.75, 3.05) is 7.11 Å². The van der Waals surface area contributed by atoms with E-state index >= 15 is 0 Å². The number of ether oxygens (including phenoxy) is 1. The molecule has 0 fully saturated rings. The quantitative estimate of drug-likeness (QED) is 0.690. The lowest BCUT2D eigenvalue weighted by Crippen LogP contribution is -1.86. The summed E-state index contributed by atoms with van der Waals surface area (Å²) in [5.41, 5.74) is 3.19. The van der Waals surface area contributed by atoms with E-state index in [0.29, 0.717) is 11.6 Å². The molecule has 0 aliphatic rings. The van der Waals surface area contributed by atoms with Crippen LogP contribution in [0.2, 0.25) is 0 Å². The fourth-order valence-corrected chi connectivity index (χ4v) is 1.86. The van der Waals surface area contributed by atoms with Gasteiger partial charge in [-0.2, -0.15) is 0 Å². The molecule has 2 aromatic heterocycles. The van der Waals surface area contributed by atoms with Gasteiger partial charge in [0.15, 0.2) is 0 Å². The van der Waals surface area contributed by atoms with Crippen LogP contribution in [0.15, 0.2) is 40.9 Å².